The van der Waals surface area contributed by atoms with Gasteiger partial charge in [-0.3, -0.25) is 14.9 Å². The number of H-pyrrole nitrogens is 1. The van der Waals surface area contributed by atoms with Gasteiger partial charge in [0, 0.05) is 6.20 Å². The Balaban J connectivity index is 0.00000225. The number of aromatic amines is 1. The van der Waals surface area contributed by atoms with Crippen LogP contribution in [0.2, 0.25) is 0 Å². The van der Waals surface area contributed by atoms with Crippen LogP contribution in [0.5, 0.6) is 5.75 Å². The van der Waals surface area contributed by atoms with Crippen molar-refractivity contribution in [2.45, 2.75) is 19.4 Å². The van der Waals surface area contributed by atoms with E-state index in [4.69, 9.17) is 9.84 Å². The molecule has 0 radical (unpaired) electrons. The topological polar surface area (TPSA) is 88.1 Å². The molecule has 0 saturated carbocycles. The molecule has 1 atom stereocenters. The first-order valence-corrected chi connectivity index (χ1v) is 7.54. The van der Waals surface area contributed by atoms with E-state index in [9.17, 15) is 4.79 Å². The minimum atomic E-state index is -0.841. The van der Waals surface area contributed by atoms with E-state index in [1.807, 2.05) is 42.5 Å². The van der Waals surface area contributed by atoms with Crippen molar-refractivity contribution >= 4 is 35.5 Å². The number of hydrogen-bond donors (Lipinski definition) is 2. The molecule has 0 amide bonds. The standard InChI is InChI=1S/C18H17N3O3.Na.H/c1-12(18(22)23)14-4-2-3-13(9-14)11-24-15-5-6-16(19-10-15)17-7-8-20-21-17;;/h2-10,12H,11H2,1H3,(H,20,21)(H,22,23);;. The van der Waals surface area contributed by atoms with Crippen LogP contribution < -0.4 is 4.74 Å². The molecule has 1 unspecified atom stereocenters. The average molecular weight is 347 g/mol. The van der Waals surface area contributed by atoms with Crippen molar-refractivity contribution < 1.29 is 14.6 Å². The molecule has 2 aromatic heterocycles. The number of aliphatic carboxylic acids is 1. The summed E-state index contributed by atoms with van der Waals surface area (Å²) in [6, 6.07) is 12.9. The van der Waals surface area contributed by atoms with Gasteiger partial charge in [0.1, 0.15) is 12.4 Å². The molecule has 3 rings (SSSR count). The molecule has 1 aromatic carbocycles. The number of nitrogens with one attached hydrogen (secondary N) is 1. The van der Waals surface area contributed by atoms with E-state index >= 15 is 0 Å². The summed E-state index contributed by atoms with van der Waals surface area (Å²) in [5.74, 6) is -0.734. The van der Waals surface area contributed by atoms with Crippen LogP contribution in [0.4, 0.5) is 0 Å². The summed E-state index contributed by atoms with van der Waals surface area (Å²) in [6.45, 7) is 2.02. The van der Waals surface area contributed by atoms with E-state index in [0.29, 0.717) is 12.4 Å². The molecule has 0 aliphatic rings. The number of benzene rings is 1. The Morgan fingerprint density at radius 1 is 1.28 bits per heavy atom. The van der Waals surface area contributed by atoms with Crippen LogP contribution in [-0.2, 0) is 11.4 Å². The second-order valence-electron chi connectivity index (χ2n) is 5.44. The number of aromatic nitrogens is 3. The molecular formula is C18H18N3NaO3. The van der Waals surface area contributed by atoms with Crippen molar-refractivity contribution in [2.24, 2.45) is 0 Å². The van der Waals surface area contributed by atoms with Crippen molar-refractivity contribution in [3.63, 3.8) is 0 Å². The zero-order valence-corrected chi connectivity index (χ0v) is 13.1. The van der Waals surface area contributed by atoms with Gasteiger partial charge < -0.3 is 9.84 Å². The van der Waals surface area contributed by atoms with Gasteiger partial charge in [-0.15, -0.1) is 0 Å². The van der Waals surface area contributed by atoms with Crippen LogP contribution in [-0.4, -0.2) is 55.8 Å². The first-order chi connectivity index (χ1) is 11.6. The van der Waals surface area contributed by atoms with Crippen LogP contribution in [0, 0.1) is 0 Å². The van der Waals surface area contributed by atoms with Gasteiger partial charge in [-0.2, -0.15) is 5.10 Å². The maximum absolute atomic E-state index is 11.1. The Bertz CT molecular complexity index is 820. The third-order valence-electron chi connectivity index (χ3n) is 3.74. The van der Waals surface area contributed by atoms with Gasteiger partial charge in [-0.05, 0) is 36.2 Å². The van der Waals surface area contributed by atoms with E-state index in [1.54, 1.807) is 19.3 Å². The number of carboxylic acids is 1. The van der Waals surface area contributed by atoms with Crippen LogP contribution in [0.3, 0.4) is 0 Å². The van der Waals surface area contributed by atoms with Crippen molar-refractivity contribution in [1.82, 2.24) is 15.2 Å². The molecule has 3 aromatic rings. The summed E-state index contributed by atoms with van der Waals surface area (Å²) in [4.78, 5) is 15.4. The van der Waals surface area contributed by atoms with Gasteiger partial charge in [-0.1, -0.05) is 24.3 Å². The van der Waals surface area contributed by atoms with Gasteiger partial charge in [0.2, 0.25) is 0 Å². The Kier molecular flexibility index (Phi) is 6.75. The quantitative estimate of drug-likeness (QED) is 0.669. The molecule has 0 aliphatic carbocycles. The molecule has 25 heavy (non-hydrogen) atoms. The number of rotatable bonds is 6. The van der Waals surface area contributed by atoms with Crippen LogP contribution in [0.1, 0.15) is 24.0 Å². The number of ether oxygens (including phenoxy) is 1. The van der Waals surface area contributed by atoms with E-state index in [2.05, 4.69) is 15.2 Å². The second-order valence-corrected chi connectivity index (χ2v) is 5.44. The fourth-order valence-electron chi connectivity index (χ4n) is 2.29. The van der Waals surface area contributed by atoms with Crippen LogP contribution in [0.15, 0.2) is 54.9 Å². The zero-order valence-electron chi connectivity index (χ0n) is 13.1. The van der Waals surface area contributed by atoms with Crippen molar-refractivity contribution in [1.29, 1.82) is 0 Å². The SMILES string of the molecule is CC(C(=O)O)c1cccc(COc2ccc(-c3ccn[nH]3)nc2)c1.[NaH]. The molecule has 0 saturated heterocycles. The first-order valence-electron chi connectivity index (χ1n) is 7.54. The molecule has 0 aliphatic heterocycles. The van der Waals surface area contributed by atoms with Crippen molar-refractivity contribution in [3.05, 3.63) is 66.0 Å². The minimum absolute atomic E-state index is 0. The number of nitrogens with zero attached hydrogens (tertiary/aromatic N) is 2. The molecule has 7 heteroatoms. The Labute approximate surface area is 167 Å². The summed E-state index contributed by atoms with van der Waals surface area (Å²) < 4.78 is 5.72. The molecule has 124 valence electrons. The molecule has 0 spiro atoms. The normalized spacial score (nSPS) is 11.4. The third kappa shape index (κ3) is 4.92. The Hall–Kier alpha value is -2.15. The van der Waals surface area contributed by atoms with Gasteiger partial charge in [-0.25, -0.2) is 0 Å². The Morgan fingerprint density at radius 2 is 2.12 bits per heavy atom. The summed E-state index contributed by atoms with van der Waals surface area (Å²) >= 11 is 0. The summed E-state index contributed by atoms with van der Waals surface area (Å²) in [5, 5.41) is 15.8. The number of hydrogen-bond acceptors (Lipinski definition) is 4. The van der Waals surface area contributed by atoms with Gasteiger partial charge in [0.15, 0.2) is 0 Å². The second kappa shape index (κ2) is 8.80. The summed E-state index contributed by atoms with van der Waals surface area (Å²) in [7, 11) is 0. The number of carboxylic acid groups (broad SMARTS) is 1. The monoisotopic (exact) mass is 347 g/mol. The molecular weight excluding hydrogens is 329 g/mol. The van der Waals surface area contributed by atoms with Crippen LogP contribution in [0.25, 0.3) is 11.4 Å². The van der Waals surface area contributed by atoms with E-state index in [1.165, 1.54) is 0 Å². The van der Waals surface area contributed by atoms with Gasteiger partial charge in [0.05, 0.1) is 23.5 Å². The van der Waals surface area contributed by atoms with Gasteiger partial charge >= 0.3 is 35.5 Å². The maximum atomic E-state index is 11.1. The fraction of sp³-hybridized carbons (Fsp3) is 0.167. The van der Waals surface area contributed by atoms with E-state index < -0.39 is 11.9 Å². The van der Waals surface area contributed by atoms with E-state index in [0.717, 1.165) is 22.5 Å². The summed E-state index contributed by atoms with van der Waals surface area (Å²) in [6.07, 6.45) is 3.33. The third-order valence-corrected chi connectivity index (χ3v) is 3.74. The van der Waals surface area contributed by atoms with E-state index in [-0.39, 0.29) is 29.6 Å². The predicted molar refractivity (Wildman–Crippen MR) is 95.8 cm³/mol. The van der Waals surface area contributed by atoms with Crippen molar-refractivity contribution in [3.8, 4) is 17.1 Å². The van der Waals surface area contributed by atoms with Crippen LogP contribution >= 0.6 is 0 Å². The molecule has 0 fully saturated rings. The van der Waals surface area contributed by atoms with Crippen molar-refractivity contribution in [2.75, 3.05) is 0 Å². The predicted octanol–water partition coefficient (Wildman–Crippen LogP) is 2.59. The average Bonchev–Trinajstić information content (AvgIpc) is 3.14. The zero-order chi connectivity index (χ0) is 16.9. The summed E-state index contributed by atoms with van der Waals surface area (Å²) in [5.41, 5.74) is 3.31. The first kappa shape index (κ1) is 19.2. The molecule has 0 bridgehead atoms. The molecule has 6 nitrogen and oxygen atoms in total. The molecule has 2 N–H and O–H groups in total. The number of carbonyl (C=O) groups is 1. The molecule has 2 heterocycles. The fourth-order valence-corrected chi connectivity index (χ4v) is 2.29. The number of pyridine rings is 1. The Morgan fingerprint density at radius 3 is 2.76 bits per heavy atom. The van der Waals surface area contributed by atoms with Gasteiger partial charge in [0.25, 0.3) is 0 Å².